The van der Waals surface area contributed by atoms with Crippen LogP contribution in [0.15, 0.2) is 24.3 Å². The lowest BCUT2D eigenvalue weighted by atomic mass is 9.85. The molecule has 0 spiro atoms. The highest BCUT2D eigenvalue weighted by Crippen LogP contribution is 2.28. The normalized spacial score (nSPS) is 14.1. The van der Waals surface area contributed by atoms with Crippen molar-refractivity contribution in [3.63, 3.8) is 0 Å². The minimum absolute atomic E-state index is 0.0648. The zero-order valence-electron chi connectivity index (χ0n) is 13.3. The lowest BCUT2D eigenvalue weighted by molar-refractivity contribution is -0.127. The summed E-state index contributed by atoms with van der Waals surface area (Å²) in [6, 6.07) is 7.47. The van der Waals surface area contributed by atoms with Crippen LogP contribution in [0.4, 0.5) is 5.69 Å². The first-order valence-corrected chi connectivity index (χ1v) is 7.91. The number of carbonyl (C=O) groups excluding carboxylic acids is 2. The van der Waals surface area contributed by atoms with Gasteiger partial charge < -0.3 is 15.0 Å². The second-order valence-corrected chi connectivity index (χ2v) is 5.49. The first-order valence-electron chi connectivity index (χ1n) is 7.91. The van der Waals surface area contributed by atoms with E-state index in [-0.39, 0.29) is 17.7 Å². The van der Waals surface area contributed by atoms with E-state index in [0.29, 0.717) is 25.4 Å². The number of benzene rings is 1. The lowest BCUT2D eigenvalue weighted by Crippen LogP contribution is -2.41. The van der Waals surface area contributed by atoms with E-state index in [2.05, 4.69) is 5.32 Å². The molecule has 5 nitrogen and oxygen atoms in total. The Morgan fingerprint density at radius 2 is 2.05 bits per heavy atom. The molecule has 1 fully saturated rings. The molecule has 2 amide bonds. The third kappa shape index (κ3) is 4.00. The van der Waals surface area contributed by atoms with Crippen LogP contribution in [0.5, 0.6) is 5.75 Å². The molecule has 1 aromatic rings. The third-order valence-corrected chi connectivity index (χ3v) is 3.95. The number of nitrogens with one attached hydrogen (secondary N) is 1. The Labute approximate surface area is 131 Å². The molecule has 0 bridgehead atoms. The van der Waals surface area contributed by atoms with E-state index in [0.717, 1.165) is 24.9 Å². The topological polar surface area (TPSA) is 58.6 Å². The van der Waals surface area contributed by atoms with Crippen molar-refractivity contribution in [2.24, 2.45) is 5.92 Å². The van der Waals surface area contributed by atoms with Crippen molar-refractivity contribution < 1.29 is 14.3 Å². The largest absolute Gasteiger partial charge is 0.492 e. The second-order valence-electron chi connectivity index (χ2n) is 5.49. The van der Waals surface area contributed by atoms with Gasteiger partial charge in [0, 0.05) is 25.9 Å². The van der Waals surface area contributed by atoms with Crippen LogP contribution in [0.3, 0.4) is 0 Å². The van der Waals surface area contributed by atoms with Crippen molar-refractivity contribution in [1.29, 1.82) is 0 Å². The fourth-order valence-corrected chi connectivity index (χ4v) is 2.51. The summed E-state index contributed by atoms with van der Waals surface area (Å²) in [5.74, 6) is 0.893. The summed E-state index contributed by atoms with van der Waals surface area (Å²) in [5, 5.41) is 2.92. The summed E-state index contributed by atoms with van der Waals surface area (Å²) in [5.41, 5.74) is 0.745. The molecule has 0 heterocycles. The monoisotopic (exact) mass is 304 g/mol. The maximum Gasteiger partial charge on any atom is 0.224 e. The van der Waals surface area contributed by atoms with E-state index in [1.165, 1.54) is 6.92 Å². The van der Waals surface area contributed by atoms with Gasteiger partial charge in [-0.25, -0.2) is 0 Å². The van der Waals surface area contributed by atoms with Crippen molar-refractivity contribution >= 4 is 17.5 Å². The SMILES string of the molecule is CCOc1ccccc1N(CCNC(=O)C1CCC1)C(C)=O. The molecule has 1 aliphatic rings. The van der Waals surface area contributed by atoms with Crippen molar-refractivity contribution in [3.05, 3.63) is 24.3 Å². The smallest absolute Gasteiger partial charge is 0.224 e. The van der Waals surface area contributed by atoms with E-state index in [1.54, 1.807) is 4.90 Å². The predicted octanol–water partition coefficient (Wildman–Crippen LogP) is 2.35. The van der Waals surface area contributed by atoms with Gasteiger partial charge >= 0.3 is 0 Å². The quantitative estimate of drug-likeness (QED) is 0.841. The van der Waals surface area contributed by atoms with Crippen LogP contribution in [0.1, 0.15) is 33.1 Å². The van der Waals surface area contributed by atoms with Gasteiger partial charge in [-0.05, 0) is 31.9 Å². The molecule has 0 saturated heterocycles. The number of rotatable bonds is 7. The van der Waals surface area contributed by atoms with Gasteiger partial charge in [-0.15, -0.1) is 0 Å². The van der Waals surface area contributed by atoms with Crippen LogP contribution < -0.4 is 15.0 Å². The molecule has 5 heteroatoms. The highest BCUT2D eigenvalue weighted by atomic mass is 16.5. The lowest BCUT2D eigenvalue weighted by Gasteiger charge is -2.26. The maximum absolute atomic E-state index is 11.9. The summed E-state index contributed by atoms with van der Waals surface area (Å²) in [6.45, 7) is 4.87. The predicted molar refractivity (Wildman–Crippen MR) is 86.0 cm³/mol. The van der Waals surface area contributed by atoms with Crippen molar-refractivity contribution in [3.8, 4) is 5.75 Å². The van der Waals surface area contributed by atoms with Crippen LogP contribution >= 0.6 is 0 Å². The zero-order valence-corrected chi connectivity index (χ0v) is 13.3. The molecule has 2 rings (SSSR count). The highest BCUT2D eigenvalue weighted by molar-refractivity contribution is 5.93. The number of anilines is 1. The summed E-state index contributed by atoms with van der Waals surface area (Å²) in [4.78, 5) is 25.4. The summed E-state index contributed by atoms with van der Waals surface area (Å²) in [7, 11) is 0. The molecule has 0 unspecified atom stereocenters. The van der Waals surface area contributed by atoms with Crippen LogP contribution in [0.2, 0.25) is 0 Å². The van der Waals surface area contributed by atoms with Crippen molar-refractivity contribution in [2.45, 2.75) is 33.1 Å². The van der Waals surface area contributed by atoms with Crippen molar-refractivity contribution in [1.82, 2.24) is 5.32 Å². The fraction of sp³-hybridized carbons (Fsp3) is 0.529. The van der Waals surface area contributed by atoms with Gasteiger partial charge in [-0.3, -0.25) is 9.59 Å². The number of hydrogen-bond acceptors (Lipinski definition) is 3. The number of carbonyl (C=O) groups is 2. The summed E-state index contributed by atoms with van der Waals surface area (Å²) in [6.07, 6.45) is 3.10. The van der Waals surface area contributed by atoms with Gasteiger partial charge in [0.1, 0.15) is 5.75 Å². The highest BCUT2D eigenvalue weighted by Gasteiger charge is 2.25. The molecule has 0 radical (unpaired) electrons. The molecule has 0 atom stereocenters. The Bertz CT molecular complexity index is 526. The molecular weight excluding hydrogens is 280 g/mol. The first kappa shape index (κ1) is 16.3. The van der Waals surface area contributed by atoms with Gasteiger partial charge in [0.15, 0.2) is 0 Å². The van der Waals surface area contributed by atoms with Crippen LogP contribution in [0.25, 0.3) is 0 Å². The Balaban J connectivity index is 1.97. The summed E-state index contributed by atoms with van der Waals surface area (Å²) < 4.78 is 5.58. The number of amides is 2. The molecule has 0 aliphatic heterocycles. The van der Waals surface area contributed by atoms with Gasteiger partial charge in [0.25, 0.3) is 0 Å². The van der Waals surface area contributed by atoms with E-state index >= 15 is 0 Å². The average molecular weight is 304 g/mol. The maximum atomic E-state index is 11.9. The van der Waals surface area contributed by atoms with E-state index in [1.807, 2.05) is 31.2 Å². The molecule has 22 heavy (non-hydrogen) atoms. The van der Waals surface area contributed by atoms with Crippen LogP contribution in [-0.2, 0) is 9.59 Å². The van der Waals surface area contributed by atoms with Gasteiger partial charge in [-0.2, -0.15) is 0 Å². The molecule has 1 aliphatic carbocycles. The Kier molecular flexibility index (Phi) is 5.81. The molecular formula is C17H24N2O3. The van der Waals surface area contributed by atoms with Crippen LogP contribution in [-0.4, -0.2) is 31.5 Å². The van der Waals surface area contributed by atoms with Gasteiger partial charge in [0.05, 0.1) is 12.3 Å². The van der Waals surface area contributed by atoms with E-state index in [9.17, 15) is 9.59 Å². The fourth-order valence-electron chi connectivity index (χ4n) is 2.51. The van der Waals surface area contributed by atoms with Gasteiger partial charge in [-0.1, -0.05) is 18.6 Å². The van der Waals surface area contributed by atoms with Crippen LogP contribution in [0, 0.1) is 5.92 Å². The Morgan fingerprint density at radius 1 is 1.32 bits per heavy atom. The standard InChI is InChI=1S/C17H24N2O3/c1-3-22-16-10-5-4-9-15(16)19(13(2)20)12-11-18-17(21)14-7-6-8-14/h4-5,9-10,14H,3,6-8,11-12H2,1-2H3,(H,18,21). The number of ether oxygens (including phenoxy) is 1. The minimum Gasteiger partial charge on any atom is -0.492 e. The number of hydrogen-bond donors (Lipinski definition) is 1. The minimum atomic E-state index is -0.0648. The number of nitrogens with zero attached hydrogens (tertiary/aromatic N) is 1. The Hall–Kier alpha value is -2.04. The van der Waals surface area contributed by atoms with Gasteiger partial charge in [0.2, 0.25) is 11.8 Å². The zero-order chi connectivity index (χ0) is 15.9. The molecule has 0 aromatic heterocycles. The molecule has 1 aromatic carbocycles. The second kappa shape index (κ2) is 7.82. The Morgan fingerprint density at radius 3 is 2.64 bits per heavy atom. The van der Waals surface area contributed by atoms with Crippen molar-refractivity contribution in [2.75, 3.05) is 24.6 Å². The third-order valence-electron chi connectivity index (χ3n) is 3.95. The number of para-hydroxylation sites is 2. The molecule has 1 N–H and O–H groups in total. The summed E-state index contributed by atoms with van der Waals surface area (Å²) >= 11 is 0. The molecule has 120 valence electrons. The molecule has 1 saturated carbocycles. The van der Waals surface area contributed by atoms with E-state index < -0.39 is 0 Å². The first-order chi connectivity index (χ1) is 10.6. The average Bonchev–Trinajstić information content (AvgIpc) is 2.43. The van der Waals surface area contributed by atoms with E-state index in [4.69, 9.17) is 4.74 Å².